The molecule has 0 aliphatic rings. The van der Waals surface area contributed by atoms with Crippen LogP contribution < -0.4 is 5.32 Å². The van der Waals surface area contributed by atoms with Crippen molar-refractivity contribution in [2.24, 2.45) is 5.41 Å². The van der Waals surface area contributed by atoms with Crippen molar-refractivity contribution >= 4 is 34.3 Å². The molecule has 2 aromatic carbocycles. The minimum atomic E-state index is -0.454. The summed E-state index contributed by atoms with van der Waals surface area (Å²) in [5.74, 6) is 0.456. The van der Waals surface area contributed by atoms with E-state index in [-0.39, 0.29) is 5.91 Å². The van der Waals surface area contributed by atoms with Gasteiger partial charge >= 0.3 is 0 Å². The average molecular weight is 329 g/mol. The Labute approximate surface area is 139 Å². The summed E-state index contributed by atoms with van der Waals surface area (Å²) >= 11 is 6.00. The summed E-state index contributed by atoms with van der Waals surface area (Å²) in [6.07, 6.45) is 0. The molecule has 0 atom stereocenters. The first kappa shape index (κ1) is 15.6. The van der Waals surface area contributed by atoms with Crippen molar-refractivity contribution in [3.63, 3.8) is 0 Å². The Hall–Kier alpha value is -2.33. The minimum Gasteiger partial charge on any atom is -0.436 e. The Morgan fingerprint density at radius 3 is 2.65 bits per heavy atom. The van der Waals surface area contributed by atoms with E-state index < -0.39 is 5.41 Å². The fourth-order valence-electron chi connectivity index (χ4n) is 2.07. The number of nitrogens with zero attached hydrogens (tertiary/aromatic N) is 1. The van der Waals surface area contributed by atoms with E-state index in [4.69, 9.17) is 16.0 Å². The zero-order valence-electron chi connectivity index (χ0n) is 13.2. The monoisotopic (exact) mass is 328 g/mol. The molecule has 0 bridgehead atoms. The first-order valence-electron chi connectivity index (χ1n) is 7.31. The third-order valence-corrected chi connectivity index (χ3v) is 3.63. The van der Waals surface area contributed by atoms with Crippen LogP contribution in [0.3, 0.4) is 0 Å². The highest BCUT2D eigenvalue weighted by Crippen LogP contribution is 2.28. The van der Waals surface area contributed by atoms with E-state index in [0.717, 1.165) is 5.56 Å². The number of amides is 1. The van der Waals surface area contributed by atoms with Crippen molar-refractivity contribution in [3.8, 4) is 11.5 Å². The zero-order chi connectivity index (χ0) is 16.6. The number of aromatic nitrogens is 1. The predicted molar refractivity (Wildman–Crippen MR) is 92.5 cm³/mol. The van der Waals surface area contributed by atoms with Crippen molar-refractivity contribution in [3.05, 3.63) is 47.5 Å². The molecular formula is C18H17ClN2O2. The van der Waals surface area contributed by atoms with Crippen molar-refractivity contribution in [2.45, 2.75) is 20.8 Å². The Morgan fingerprint density at radius 1 is 1.17 bits per heavy atom. The number of hydrogen-bond acceptors (Lipinski definition) is 3. The summed E-state index contributed by atoms with van der Waals surface area (Å²) in [6, 6.07) is 12.7. The maximum absolute atomic E-state index is 12.1. The molecule has 0 aliphatic carbocycles. The second-order valence-electron chi connectivity index (χ2n) is 6.42. The second kappa shape index (κ2) is 5.70. The number of rotatable bonds is 2. The van der Waals surface area contributed by atoms with Gasteiger partial charge in [-0.2, -0.15) is 0 Å². The van der Waals surface area contributed by atoms with Crippen LogP contribution in [0.4, 0.5) is 5.69 Å². The molecule has 3 aromatic rings. The van der Waals surface area contributed by atoms with Crippen LogP contribution in [0.5, 0.6) is 0 Å². The summed E-state index contributed by atoms with van der Waals surface area (Å²) in [7, 11) is 0. The Kier molecular flexibility index (Phi) is 3.86. The predicted octanol–water partition coefficient (Wildman–Crippen LogP) is 5.13. The number of hydrogen-bond donors (Lipinski definition) is 1. The van der Waals surface area contributed by atoms with Gasteiger partial charge < -0.3 is 9.73 Å². The normalized spacial score (nSPS) is 11.7. The molecule has 5 heteroatoms. The molecule has 0 saturated carbocycles. The van der Waals surface area contributed by atoms with Crippen LogP contribution >= 0.6 is 11.6 Å². The van der Waals surface area contributed by atoms with E-state index in [9.17, 15) is 4.79 Å². The SMILES string of the molecule is CC(C)(C)C(=O)Nc1ccc2oc(-c3cccc(Cl)c3)nc2c1. The molecule has 0 spiro atoms. The van der Waals surface area contributed by atoms with Crippen molar-refractivity contribution < 1.29 is 9.21 Å². The summed E-state index contributed by atoms with van der Waals surface area (Å²) in [5, 5.41) is 3.52. The number of oxazole rings is 1. The Bertz CT molecular complexity index is 878. The van der Waals surface area contributed by atoms with E-state index >= 15 is 0 Å². The number of nitrogens with one attached hydrogen (secondary N) is 1. The highest BCUT2D eigenvalue weighted by atomic mass is 35.5. The number of fused-ring (bicyclic) bond motifs is 1. The van der Waals surface area contributed by atoms with Gasteiger partial charge in [0.2, 0.25) is 11.8 Å². The molecule has 0 radical (unpaired) electrons. The molecular weight excluding hydrogens is 312 g/mol. The van der Waals surface area contributed by atoms with Crippen LogP contribution in [0.25, 0.3) is 22.6 Å². The lowest BCUT2D eigenvalue weighted by molar-refractivity contribution is -0.123. The third kappa shape index (κ3) is 3.37. The van der Waals surface area contributed by atoms with Crippen molar-refractivity contribution in [1.82, 2.24) is 4.98 Å². The lowest BCUT2D eigenvalue weighted by atomic mass is 9.95. The standard InChI is InChI=1S/C18H17ClN2O2/c1-18(2,3)17(22)20-13-7-8-15-14(10-13)21-16(23-15)11-5-4-6-12(19)9-11/h4-10H,1-3H3,(H,20,22). The van der Waals surface area contributed by atoms with E-state index in [1.165, 1.54) is 0 Å². The molecule has 1 amide bonds. The number of anilines is 1. The van der Waals surface area contributed by atoms with Gasteiger partial charge in [0, 0.05) is 21.7 Å². The van der Waals surface area contributed by atoms with Gasteiger partial charge in [-0.1, -0.05) is 38.4 Å². The molecule has 118 valence electrons. The van der Waals surface area contributed by atoms with Crippen LogP contribution in [-0.2, 0) is 4.79 Å². The van der Waals surface area contributed by atoms with Crippen LogP contribution in [0.15, 0.2) is 46.9 Å². The van der Waals surface area contributed by atoms with Gasteiger partial charge in [-0.15, -0.1) is 0 Å². The average Bonchev–Trinajstić information content (AvgIpc) is 2.89. The van der Waals surface area contributed by atoms with Gasteiger partial charge in [0.1, 0.15) is 5.52 Å². The topological polar surface area (TPSA) is 55.1 Å². The summed E-state index contributed by atoms with van der Waals surface area (Å²) < 4.78 is 5.75. The lowest BCUT2D eigenvalue weighted by Crippen LogP contribution is -2.27. The molecule has 0 fully saturated rings. The van der Waals surface area contributed by atoms with Gasteiger partial charge in [-0.3, -0.25) is 4.79 Å². The molecule has 1 aromatic heterocycles. The quantitative estimate of drug-likeness (QED) is 0.709. The Balaban J connectivity index is 1.94. The minimum absolute atomic E-state index is 0.0459. The van der Waals surface area contributed by atoms with Crippen LogP contribution in [0.2, 0.25) is 5.02 Å². The van der Waals surface area contributed by atoms with Crippen molar-refractivity contribution in [1.29, 1.82) is 0 Å². The molecule has 4 nitrogen and oxygen atoms in total. The highest BCUT2D eigenvalue weighted by Gasteiger charge is 2.21. The Morgan fingerprint density at radius 2 is 1.96 bits per heavy atom. The van der Waals surface area contributed by atoms with Crippen molar-refractivity contribution in [2.75, 3.05) is 5.32 Å². The molecule has 0 aliphatic heterocycles. The number of halogens is 1. The van der Waals surface area contributed by atoms with Crippen LogP contribution in [-0.4, -0.2) is 10.9 Å². The first-order valence-corrected chi connectivity index (χ1v) is 7.69. The van der Waals surface area contributed by atoms with Crippen LogP contribution in [0.1, 0.15) is 20.8 Å². The molecule has 1 N–H and O–H groups in total. The van der Waals surface area contributed by atoms with Gasteiger partial charge in [0.15, 0.2) is 5.58 Å². The molecule has 0 saturated heterocycles. The number of benzene rings is 2. The molecule has 0 unspecified atom stereocenters. The first-order chi connectivity index (χ1) is 10.8. The zero-order valence-corrected chi connectivity index (χ0v) is 13.9. The summed E-state index contributed by atoms with van der Waals surface area (Å²) in [4.78, 5) is 16.5. The van der Waals surface area contributed by atoms with Gasteiger partial charge in [0.25, 0.3) is 0 Å². The number of carbonyl (C=O) groups excluding carboxylic acids is 1. The maximum Gasteiger partial charge on any atom is 0.229 e. The van der Waals surface area contributed by atoms with Gasteiger partial charge in [-0.25, -0.2) is 4.98 Å². The highest BCUT2D eigenvalue weighted by molar-refractivity contribution is 6.30. The fourth-order valence-corrected chi connectivity index (χ4v) is 2.26. The summed E-state index contributed by atoms with van der Waals surface area (Å²) in [6.45, 7) is 5.61. The van der Waals surface area contributed by atoms with E-state index in [1.807, 2.05) is 32.9 Å². The lowest BCUT2D eigenvalue weighted by Gasteiger charge is -2.17. The van der Waals surface area contributed by atoms with E-state index in [1.54, 1.807) is 30.3 Å². The maximum atomic E-state index is 12.1. The number of carbonyl (C=O) groups is 1. The second-order valence-corrected chi connectivity index (χ2v) is 6.85. The molecule has 3 rings (SSSR count). The third-order valence-electron chi connectivity index (χ3n) is 3.40. The van der Waals surface area contributed by atoms with Crippen LogP contribution in [0, 0.1) is 5.41 Å². The fraction of sp³-hybridized carbons (Fsp3) is 0.222. The molecule has 23 heavy (non-hydrogen) atoms. The van der Waals surface area contributed by atoms with E-state index in [0.29, 0.717) is 27.7 Å². The van der Waals surface area contributed by atoms with Gasteiger partial charge in [0.05, 0.1) is 0 Å². The van der Waals surface area contributed by atoms with Gasteiger partial charge in [-0.05, 0) is 36.4 Å². The summed E-state index contributed by atoms with van der Waals surface area (Å²) in [5.41, 5.74) is 2.41. The largest absolute Gasteiger partial charge is 0.436 e. The molecule has 1 heterocycles. The smallest absolute Gasteiger partial charge is 0.229 e. The van der Waals surface area contributed by atoms with E-state index in [2.05, 4.69) is 10.3 Å².